The minimum atomic E-state index is -0.511. The van der Waals surface area contributed by atoms with Crippen molar-refractivity contribution >= 4 is 0 Å². The third-order valence-electron chi connectivity index (χ3n) is 3.21. The lowest BCUT2D eigenvalue weighted by Gasteiger charge is -2.18. The molecular formula is C13H18O4. The van der Waals surface area contributed by atoms with Crippen molar-refractivity contribution < 1.29 is 19.3 Å². The highest BCUT2D eigenvalue weighted by Crippen LogP contribution is 2.43. The maximum absolute atomic E-state index is 10.2. The van der Waals surface area contributed by atoms with Crippen molar-refractivity contribution in [1.82, 2.24) is 0 Å². The van der Waals surface area contributed by atoms with Crippen LogP contribution in [0.2, 0.25) is 0 Å². The Morgan fingerprint density at radius 3 is 2.82 bits per heavy atom. The second kappa shape index (κ2) is 4.84. The maximum Gasteiger partial charge on any atom is 0.231 e. The second-order valence-corrected chi connectivity index (χ2v) is 4.29. The Morgan fingerprint density at radius 2 is 2.18 bits per heavy atom. The van der Waals surface area contributed by atoms with Crippen LogP contribution in [0.5, 0.6) is 17.2 Å². The summed E-state index contributed by atoms with van der Waals surface area (Å²) in [5.74, 6) is 2.06. The third kappa shape index (κ3) is 2.17. The highest BCUT2D eigenvalue weighted by Gasteiger charge is 2.24. The second-order valence-electron chi connectivity index (χ2n) is 4.29. The Morgan fingerprint density at radius 1 is 1.41 bits per heavy atom. The highest BCUT2D eigenvalue weighted by atomic mass is 16.7. The minimum Gasteiger partial charge on any atom is -0.493 e. The molecule has 2 unspecified atom stereocenters. The topological polar surface area (TPSA) is 47.9 Å². The average Bonchev–Trinajstić information content (AvgIpc) is 2.83. The molecular weight excluding hydrogens is 220 g/mol. The van der Waals surface area contributed by atoms with Gasteiger partial charge in [-0.3, -0.25) is 0 Å². The van der Waals surface area contributed by atoms with Gasteiger partial charge in [0.2, 0.25) is 12.5 Å². The van der Waals surface area contributed by atoms with E-state index in [1.165, 1.54) is 0 Å². The first-order chi connectivity index (χ1) is 8.17. The fourth-order valence-corrected chi connectivity index (χ4v) is 1.87. The Hall–Kier alpha value is -1.42. The molecule has 2 atom stereocenters. The molecule has 0 bridgehead atoms. The van der Waals surface area contributed by atoms with Gasteiger partial charge < -0.3 is 19.3 Å². The predicted molar refractivity (Wildman–Crippen MR) is 63.5 cm³/mol. The summed E-state index contributed by atoms with van der Waals surface area (Å²) in [4.78, 5) is 0. The fourth-order valence-electron chi connectivity index (χ4n) is 1.87. The summed E-state index contributed by atoms with van der Waals surface area (Å²) in [6.45, 7) is 4.27. The standard InChI is InChI=1S/C13H18O4/c1-4-8(2)12(14)9-5-10(15-3)13-11(6-9)16-7-17-13/h5-6,8,12,14H,4,7H2,1-3H3. The maximum atomic E-state index is 10.2. The summed E-state index contributed by atoms with van der Waals surface area (Å²) < 4.78 is 15.9. The van der Waals surface area contributed by atoms with Crippen molar-refractivity contribution in [3.8, 4) is 17.2 Å². The fraction of sp³-hybridized carbons (Fsp3) is 0.538. The number of hydrogen-bond donors (Lipinski definition) is 1. The number of fused-ring (bicyclic) bond motifs is 1. The predicted octanol–water partition coefficient (Wildman–Crippen LogP) is 2.50. The third-order valence-corrected chi connectivity index (χ3v) is 3.21. The van der Waals surface area contributed by atoms with E-state index in [0.29, 0.717) is 17.2 Å². The number of rotatable bonds is 4. The molecule has 0 aliphatic carbocycles. The lowest BCUT2D eigenvalue weighted by molar-refractivity contribution is 0.115. The first-order valence-corrected chi connectivity index (χ1v) is 5.83. The summed E-state index contributed by atoms with van der Waals surface area (Å²) in [6.07, 6.45) is 0.404. The Bertz CT molecular complexity index is 403. The quantitative estimate of drug-likeness (QED) is 0.875. The van der Waals surface area contributed by atoms with Crippen LogP contribution in [0.1, 0.15) is 31.9 Å². The molecule has 0 aromatic heterocycles. The Kier molecular flexibility index (Phi) is 3.43. The van der Waals surface area contributed by atoms with E-state index in [1.807, 2.05) is 19.1 Å². The van der Waals surface area contributed by atoms with Gasteiger partial charge in [-0.1, -0.05) is 20.3 Å². The molecule has 1 aliphatic heterocycles. The van der Waals surface area contributed by atoms with Crippen LogP contribution >= 0.6 is 0 Å². The van der Waals surface area contributed by atoms with E-state index in [9.17, 15) is 5.11 Å². The molecule has 1 aliphatic rings. The monoisotopic (exact) mass is 238 g/mol. The zero-order chi connectivity index (χ0) is 12.4. The minimum absolute atomic E-state index is 0.195. The number of methoxy groups -OCH3 is 1. The molecule has 4 nitrogen and oxygen atoms in total. The van der Waals surface area contributed by atoms with Gasteiger partial charge in [-0.05, 0) is 23.6 Å². The molecule has 2 rings (SSSR count). The lowest BCUT2D eigenvalue weighted by atomic mass is 9.95. The van der Waals surface area contributed by atoms with Crippen molar-refractivity contribution in [1.29, 1.82) is 0 Å². The molecule has 0 radical (unpaired) electrons. The molecule has 1 heterocycles. The van der Waals surface area contributed by atoms with Gasteiger partial charge in [0.25, 0.3) is 0 Å². The number of benzene rings is 1. The Labute approximate surface area is 101 Å². The van der Waals surface area contributed by atoms with Crippen LogP contribution in [0.15, 0.2) is 12.1 Å². The van der Waals surface area contributed by atoms with Crippen LogP contribution in [-0.2, 0) is 0 Å². The summed E-state index contributed by atoms with van der Waals surface area (Å²) >= 11 is 0. The van der Waals surface area contributed by atoms with Crippen molar-refractivity contribution in [3.63, 3.8) is 0 Å². The van der Waals surface area contributed by atoms with Crippen LogP contribution in [0.4, 0.5) is 0 Å². The summed E-state index contributed by atoms with van der Waals surface area (Å²) in [5.41, 5.74) is 0.806. The van der Waals surface area contributed by atoms with Crippen molar-refractivity contribution in [2.75, 3.05) is 13.9 Å². The number of ether oxygens (including phenoxy) is 3. The number of hydrogen-bond acceptors (Lipinski definition) is 4. The van der Waals surface area contributed by atoms with E-state index >= 15 is 0 Å². The molecule has 0 fully saturated rings. The number of aliphatic hydroxyl groups excluding tert-OH is 1. The van der Waals surface area contributed by atoms with E-state index in [2.05, 4.69) is 6.92 Å². The zero-order valence-corrected chi connectivity index (χ0v) is 10.4. The SMILES string of the molecule is CCC(C)C(O)c1cc(OC)c2c(c1)OCO2. The number of aliphatic hydroxyl groups is 1. The molecule has 0 amide bonds. The first-order valence-electron chi connectivity index (χ1n) is 5.83. The molecule has 17 heavy (non-hydrogen) atoms. The van der Waals surface area contributed by atoms with Gasteiger partial charge >= 0.3 is 0 Å². The smallest absolute Gasteiger partial charge is 0.231 e. The molecule has 1 aromatic carbocycles. The van der Waals surface area contributed by atoms with Crippen LogP contribution in [-0.4, -0.2) is 19.0 Å². The summed E-state index contributed by atoms with van der Waals surface area (Å²) in [6, 6.07) is 3.63. The molecule has 0 saturated heterocycles. The van der Waals surface area contributed by atoms with Gasteiger partial charge in [0.1, 0.15) is 0 Å². The molecule has 0 saturated carbocycles. The van der Waals surface area contributed by atoms with E-state index in [-0.39, 0.29) is 12.7 Å². The zero-order valence-electron chi connectivity index (χ0n) is 10.4. The van der Waals surface area contributed by atoms with Crippen LogP contribution in [0, 0.1) is 5.92 Å². The summed E-state index contributed by atoms with van der Waals surface area (Å²) in [5, 5.41) is 10.2. The molecule has 1 aromatic rings. The lowest BCUT2D eigenvalue weighted by Crippen LogP contribution is -2.08. The van der Waals surface area contributed by atoms with Crippen LogP contribution in [0.25, 0.3) is 0 Å². The van der Waals surface area contributed by atoms with Gasteiger partial charge in [0.15, 0.2) is 11.5 Å². The Balaban J connectivity index is 2.36. The van der Waals surface area contributed by atoms with Gasteiger partial charge in [0.05, 0.1) is 13.2 Å². The first kappa shape index (κ1) is 12.0. The average molecular weight is 238 g/mol. The van der Waals surface area contributed by atoms with E-state index in [0.717, 1.165) is 12.0 Å². The largest absolute Gasteiger partial charge is 0.493 e. The van der Waals surface area contributed by atoms with E-state index in [1.54, 1.807) is 7.11 Å². The molecule has 94 valence electrons. The van der Waals surface area contributed by atoms with E-state index in [4.69, 9.17) is 14.2 Å². The van der Waals surface area contributed by atoms with E-state index < -0.39 is 6.10 Å². The van der Waals surface area contributed by atoms with Crippen LogP contribution < -0.4 is 14.2 Å². The van der Waals surface area contributed by atoms with Gasteiger partial charge in [0, 0.05) is 0 Å². The summed E-state index contributed by atoms with van der Waals surface area (Å²) in [7, 11) is 1.58. The molecule has 4 heteroatoms. The van der Waals surface area contributed by atoms with Gasteiger partial charge in [-0.25, -0.2) is 0 Å². The van der Waals surface area contributed by atoms with Gasteiger partial charge in [-0.15, -0.1) is 0 Å². The van der Waals surface area contributed by atoms with Crippen molar-refractivity contribution in [2.24, 2.45) is 5.92 Å². The molecule has 1 N–H and O–H groups in total. The van der Waals surface area contributed by atoms with Crippen molar-refractivity contribution in [3.05, 3.63) is 17.7 Å². The molecule has 0 spiro atoms. The van der Waals surface area contributed by atoms with Crippen molar-refractivity contribution in [2.45, 2.75) is 26.4 Å². The van der Waals surface area contributed by atoms with Gasteiger partial charge in [-0.2, -0.15) is 0 Å². The normalized spacial score (nSPS) is 16.7. The van der Waals surface area contributed by atoms with Crippen LogP contribution in [0.3, 0.4) is 0 Å². The highest BCUT2D eigenvalue weighted by molar-refractivity contribution is 5.55.